The molecule has 0 aliphatic carbocycles. The van der Waals surface area contributed by atoms with Gasteiger partial charge in [0.25, 0.3) is 5.91 Å². The molecule has 3 heterocycles. The summed E-state index contributed by atoms with van der Waals surface area (Å²) < 4.78 is 1.99. The van der Waals surface area contributed by atoms with E-state index in [0.29, 0.717) is 6.04 Å². The van der Waals surface area contributed by atoms with Crippen molar-refractivity contribution in [2.75, 3.05) is 39.1 Å². The highest BCUT2D eigenvalue weighted by molar-refractivity contribution is 5.95. The SMILES string of the molecule is CCc1cc(C(=O)N2CCC(N(C)C)C2)ccc1N(C)c1cc2c(cn1)ncn2C. The number of carbonyl (C=O) groups is 1. The van der Waals surface area contributed by atoms with Crippen LogP contribution in [0, 0.1) is 0 Å². The summed E-state index contributed by atoms with van der Waals surface area (Å²) in [5, 5.41) is 0. The van der Waals surface area contributed by atoms with Crippen LogP contribution in [0.4, 0.5) is 11.5 Å². The van der Waals surface area contributed by atoms with Gasteiger partial charge in [-0.1, -0.05) is 6.92 Å². The number of imidazole rings is 1. The van der Waals surface area contributed by atoms with Gasteiger partial charge in [-0.3, -0.25) is 4.79 Å². The number of hydrogen-bond acceptors (Lipinski definition) is 5. The average molecular weight is 407 g/mol. The maximum atomic E-state index is 13.1. The van der Waals surface area contributed by atoms with Crippen LogP contribution in [0.2, 0.25) is 0 Å². The molecule has 4 rings (SSSR count). The number of likely N-dealkylation sites (N-methyl/N-ethyl adjacent to an activating group) is 1. The van der Waals surface area contributed by atoms with Gasteiger partial charge in [0.05, 0.1) is 18.0 Å². The van der Waals surface area contributed by atoms with Gasteiger partial charge >= 0.3 is 0 Å². The van der Waals surface area contributed by atoms with Crippen molar-refractivity contribution < 1.29 is 4.79 Å². The summed E-state index contributed by atoms with van der Waals surface area (Å²) in [5.41, 5.74) is 4.89. The molecule has 0 spiro atoms. The van der Waals surface area contributed by atoms with E-state index in [2.05, 4.69) is 40.8 Å². The predicted octanol–water partition coefficient (Wildman–Crippen LogP) is 3.07. The first kappa shape index (κ1) is 20.3. The van der Waals surface area contributed by atoms with E-state index >= 15 is 0 Å². The van der Waals surface area contributed by atoms with Gasteiger partial charge in [0.1, 0.15) is 11.3 Å². The fraction of sp³-hybridized carbons (Fsp3) is 0.435. The normalized spacial score (nSPS) is 16.6. The van der Waals surface area contributed by atoms with Crippen molar-refractivity contribution in [1.29, 1.82) is 0 Å². The van der Waals surface area contributed by atoms with Crippen LogP contribution in [-0.4, -0.2) is 70.5 Å². The van der Waals surface area contributed by atoms with Gasteiger partial charge in [-0.05, 0) is 50.7 Å². The van der Waals surface area contributed by atoms with E-state index in [1.807, 2.05) is 47.8 Å². The molecule has 0 bridgehead atoms. The van der Waals surface area contributed by atoms with Crippen LogP contribution in [-0.2, 0) is 13.5 Å². The van der Waals surface area contributed by atoms with Crippen molar-refractivity contribution in [2.45, 2.75) is 25.8 Å². The van der Waals surface area contributed by atoms with Crippen molar-refractivity contribution >= 4 is 28.4 Å². The second kappa shape index (κ2) is 8.07. The lowest BCUT2D eigenvalue weighted by molar-refractivity contribution is 0.0783. The van der Waals surface area contributed by atoms with Crippen molar-refractivity contribution in [1.82, 2.24) is 24.3 Å². The summed E-state index contributed by atoms with van der Waals surface area (Å²) in [4.78, 5) is 28.3. The third-order valence-electron chi connectivity index (χ3n) is 6.19. The lowest BCUT2D eigenvalue weighted by Gasteiger charge is -2.23. The number of nitrogens with zero attached hydrogens (tertiary/aromatic N) is 6. The van der Waals surface area contributed by atoms with Gasteiger partial charge in [0.2, 0.25) is 0 Å². The first-order chi connectivity index (χ1) is 14.4. The van der Waals surface area contributed by atoms with Crippen LogP contribution in [0.5, 0.6) is 0 Å². The molecule has 0 radical (unpaired) electrons. The zero-order valence-electron chi connectivity index (χ0n) is 18.5. The van der Waals surface area contributed by atoms with Gasteiger partial charge in [-0.25, -0.2) is 9.97 Å². The number of anilines is 2. The van der Waals surface area contributed by atoms with E-state index in [4.69, 9.17) is 0 Å². The van der Waals surface area contributed by atoms with E-state index in [1.54, 1.807) is 12.5 Å². The molecule has 0 saturated carbocycles. The number of carbonyl (C=O) groups excluding carboxylic acids is 1. The minimum absolute atomic E-state index is 0.123. The Morgan fingerprint density at radius 3 is 2.70 bits per heavy atom. The molecule has 7 nitrogen and oxygen atoms in total. The molecule has 1 aromatic carbocycles. The first-order valence-corrected chi connectivity index (χ1v) is 10.5. The number of hydrogen-bond donors (Lipinski definition) is 0. The van der Waals surface area contributed by atoms with E-state index < -0.39 is 0 Å². The van der Waals surface area contributed by atoms with Crippen LogP contribution in [0.15, 0.2) is 36.8 Å². The third-order valence-corrected chi connectivity index (χ3v) is 6.19. The highest BCUT2D eigenvalue weighted by atomic mass is 16.2. The minimum Gasteiger partial charge on any atom is -0.337 e. The summed E-state index contributed by atoms with van der Waals surface area (Å²) >= 11 is 0. The molecule has 1 aliphatic heterocycles. The number of aromatic nitrogens is 3. The highest BCUT2D eigenvalue weighted by Gasteiger charge is 2.28. The van der Waals surface area contributed by atoms with Gasteiger partial charge < -0.3 is 19.3 Å². The van der Waals surface area contributed by atoms with Crippen LogP contribution >= 0.6 is 0 Å². The van der Waals surface area contributed by atoms with Crippen LogP contribution in [0.25, 0.3) is 11.0 Å². The molecule has 30 heavy (non-hydrogen) atoms. The summed E-state index contributed by atoms with van der Waals surface area (Å²) in [7, 11) is 8.16. The van der Waals surface area contributed by atoms with Crippen molar-refractivity contribution in [3.63, 3.8) is 0 Å². The zero-order chi connectivity index (χ0) is 21.4. The molecule has 158 valence electrons. The van der Waals surface area contributed by atoms with E-state index in [-0.39, 0.29) is 5.91 Å². The maximum absolute atomic E-state index is 13.1. The Morgan fingerprint density at radius 1 is 1.20 bits per heavy atom. The van der Waals surface area contributed by atoms with Crippen molar-refractivity contribution in [3.05, 3.63) is 47.9 Å². The lowest BCUT2D eigenvalue weighted by Crippen LogP contribution is -2.34. The summed E-state index contributed by atoms with van der Waals surface area (Å²) in [5.74, 6) is 0.978. The smallest absolute Gasteiger partial charge is 0.253 e. The topological polar surface area (TPSA) is 57.5 Å². The third kappa shape index (κ3) is 3.65. The molecule has 0 N–H and O–H groups in total. The molecule has 3 aromatic rings. The quantitative estimate of drug-likeness (QED) is 0.652. The molecular formula is C23H30N6O. The second-order valence-corrected chi connectivity index (χ2v) is 8.30. The number of benzene rings is 1. The minimum atomic E-state index is 0.123. The van der Waals surface area contributed by atoms with Gasteiger partial charge in [-0.2, -0.15) is 0 Å². The monoisotopic (exact) mass is 406 g/mol. The summed E-state index contributed by atoms with van der Waals surface area (Å²) in [6.45, 7) is 3.74. The Balaban J connectivity index is 1.60. The molecule has 1 saturated heterocycles. The Morgan fingerprint density at radius 2 is 2.00 bits per heavy atom. The van der Waals surface area contributed by atoms with Crippen LogP contribution in [0.3, 0.4) is 0 Å². The van der Waals surface area contributed by atoms with Crippen molar-refractivity contribution in [2.24, 2.45) is 7.05 Å². The molecule has 1 atom stereocenters. The van der Waals surface area contributed by atoms with Crippen molar-refractivity contribution in [3.8, 4) is 0 Å². The Labute approximate surface area is 177 Å². The Bertz CT molecular complexity index is 1070. The largest absolute Gasteiger partial charge is 0.337 e. The number of amides is 1. The number of rotatable bonds is 5. The number of aryl methyl sites for hydroxylation is 2. The van der Waals surface area contributed by atoms with Crippen LogP contribution in [0.1, 0.15) is 29.3 Å². The molecule has 1 amide bonds. The fourth-order valence-electron chi connectivity index (χ4n) is 4.19. The lowest BCUT2D eigenvalue weighted by atomic mass is 10.0. The van der Waals surface area contributed by atoms with E-state index in [0.717, 1.165) is 59.6 Å². The fourth-order valence-corrected chi connectivity index (χ4v) is 4.19. The summed E-state index contributed by atoms with van der Waals surface area (Å²) in [6.07, 6.45) is 5.48. The molecule has 1 fully saturated rings. The molecule has 1 unspecified atom stereocenters. The second-order valence-electron chi connectivity index (χ2n) is 8.30. The van der Waals surface area contributed by atoms with E-state index in [9.17, 15) is 4.79 Å². The Kier molecular flexibility index (Phi) is 5.47. The number of likely N-dealkylation sites (tertiary alicyclic amines) is 1. The number of fused-ring (bicyclic) bond motifs is 1. The zero-order valence-corrected chi connectivity index (χ0v) is 18.5. The highest BCUT2D eigenvalue weighted by Crippen LogP contribution is 2.29. The maximum Gasteiger partial charge on any atom is 0.253 e. The van der Waals surface area contributed by atoms with E-state index in [1.165, 1.54) is 0 Å². The standard InChI is InChI=1S/C23H30N6O/c1-6-16-11-17(23(30)29-10-9-18(14-29)26(2)3)7-8-20(16)28(5)22-12-21-19(13-24-22)25-15-27(21)4/h7-8,11-13,15,18H,6,9-10,14H2,1-5H3. The molecule has 2 aromatic heterocycles. The number of pyridine rings is 1. The molecular weight excluding hydrogens is 376 g/mol. The van der Waals surface area contributed by atoms with Gasteiger partial charge in [0, 0.05) is 50.5 Å². The molecule has 1 aliphatic rings. The van der Waals surface area contributed by atoms with Gasteiger partial charge in [-0.15, -0.1) is 0 Å². The molecule has 7 heteroatoms. The first-order valence-electron chi connectivity index (χ1n) is 10.5. The predicted molar refractivity (Wildman–Crippen MR) is 120 cm³/mol. The Hall–Kier alpha value is -2.93. The average Bonchev–Trinajstić information content (AvgIpc) is 3.39. The van der Waals surface area contributed by atoms with Crippen LogP contribution < -0.4 is 4.90 Å². The summed E-state index contributed by atoms with van der Waals surface area (Å²) in [6, 6.07) is 8.52. The van der Waals surface area contributed by atoms with Gasteiger partial charge in [0.15, 0.2) is 0 Å².